The van der Waals surface area contributed by atoms with Gasteiger partial charge in [-0.15, -0.1) is 10.2 Å². The molecule has 1 saturated heterocycles. The maximum atomic E-state index is 13.7. The van der Waals surface area contributed by atoms with Gasteiger partial charge in [0.1, 0.15) is 5.82 Å². The third-order valence-corrected chi connectivity index (χ3v) is 4.84. The summed E-state index contributed by atoms with van der Waals surface area (Å²) in [7, 11) is 0. The fourth-order valence-electron chi connectivity index (χ4n) is 3.09. The number of hydrogen-bond donors (Lipinski definition) is 0. The number of nitrogens with zero attached hydrogens (tertiary/aromatic N) is 5. The molecule has 0 unspecified atom stereocenters. The van der Waals surface area contributed by atoms with E-state index >= 15 is 0 Å². The second-order valence-electron chi connectivity index (χ2n) is 6.32. The number of fused-ring (bicyclic) bond motifs is 1. The SMILES string of the molecule is Cc1ccc(C(=O)N2CCN(c3nnc4ccc(Cl)cn34)CC2)cc1F. The standard InChI is InChI=1S/C18H17ClFN5O/c1-12-2-3-13(10-15(12)20)17(26)23-6-8-24(9-7-23)18-22-21-16-5-4-14(19)11-25(16)18/h2-5,10-11H,6-9H2,1H3. The third kappa shape index (κ3) is 2.99. The van der Waals surface area contributed by atoms with E-state index in [1.807, 2.05) is 10.5 Å². The molecule has 26 heavy (non-hydrogen) atoms. The normalized spacial score (nSPS) is 14.9. The van der Waals surface area contributed by atoms with Crippen molar-refractivity contribution in [3.05, 3.63) is 58.5 Å². The predicted molar refractivity (Wildman–Crippen MR) is 97.3 cm³/mol. The monoisotopic (exact) mass is 373 g/mol. The summed E-state index contributed by atoms with van der Waals surface area (Å²) >= 11 is 6.06. The number of aryl methyl sites for hydroxylation is 1. The van der Waals surface area contributed by atoms with Gasteiger partial charge < -0.3 is 9.80 Å². The molecule has 134 valence electrons. The number of piperazine rings is 1. The number of carbonyl (C=O) groups is 1. The largest absolute Gasteiger partial charge is 0.337 e. The Morgan fingerprint density at radius 2 is 1.88 bits per heavy atom. The quantitative estimate of drug-likeness (QED) is 0.693. The molecule has 1 amide bonds. The van der Waals surface area contributed by atoms with Crippen LogP contribution < -0.4 is 4.90 Å². The van der Waals surface area contributed by atoms with Gasteiger partial charge in [-0.25, -0.2) is 4.39 Å². The number of carbonyl (C=O) groups excluding carboxylic acids is 1. The van der Waals surface area contributed by atoms with Crippen molar-refractivity contribution in [2.24, 2.45) is 0 Å². The maximum Gasteiger partial charge on any atom is 0.254 e. The molecule has 0 saturated carbocycles. The van der Waals surface area contributed by atoms with Gasteiger partial charge in [0.05, 0.1) is 5.02 Å². The number of amides is 1. The first-order chi connectivity index (χ1) is 12.5. The topological polar surface area (TPSA) is 53.7 Å². The number of aromatic nitrogens is 3. The van der Waals surface area contributed by atoms with Gasteiger partial charge in [-0.2, -0.15) is 0 Å². The van der Waals surface area contributed by atoms with Crippen LogP contribution >= 0.6 is 11.6 Å². The first-order valence-corrected chi connectivity index (χ1v) is 8.71. The number of halogens is 2. The van der Waals surface area contributed by atoms with E-state index < -0.39 is 0 Å². The lowest BCUT2D eigenvalue weighted by Gasteiger charge is -2.34. The Bertz CT molecular complexity index is 981. The molecule has 2 aromatic heterocycles. The number of hydrogen-bond acceptors (Lipinski definition) is 4. The van der Waals surface area contributed by atoms with Gasteiger partial charge in [0.2, 0.25) is 5.95 Å². The average Bonchev–Trinajstić information content (AvgIpc) is 3.06. The highest BCUT2D eigenvalue weighted by Gasteiger charge is 2.25. The number of benzene rings is 1. The highest BCUT2D eigenvalue weighted by molar-refractivity contribution is 6.30. The molecule has 3 aromatic rings. The molecule has 6 nitrogen and oxygen atoms in total. The predicted octanol–water partition coefficient (Wildman–Crippen LogP) is 2.79. The Labute approximate surface area is 154 Å². The van der Waals surface area contributed by atoms with Crippen molar-refractivity contribution in [3.63, 3.8) is 0 Å². The van der Waals surface area contributed by atoms with Gasteiger partial charge in [0, 0.05) is 37.9 Å². The van der Waals surface area contributed by atoms with E-state index in [2.05, 4.69) is 15.1 Å². The van der Waals surface area contributed by atoms with E-state index in [1.165, 1.54) is 6.07 Å². The average molecular weight is 374 g/mol. The zero-order chi connectivity index (χ0) is 18.3. The molecule has 0 atom stereocenters. The van der Waals surface area contributed by atoms with E-state index in [4.69, 9.17) is 11.6 Å². The molecule has 0 bridgehead atoms. The summed E-state index contributed by atoms with van der Waals surface area (Å²) in [6.07, 6.45) is 1.78. The van der Waals surface area contributed by atoms with Crippen molar-refractivity contribution in [3.8, 4) is 0 Å². The van der Waals surface area contributed by atoms with Gasteiger partial charge >= 0.3 is 0 Å². The molecule has 0 radical (unpaired) electrons. The van der Waals surface area contributed by atoms with Crippen molar-refractivity contribution >= 4 is 29.1 Å². The van der Waals surface area contributed by atoms with Crippen LogP contribution in [-0.4, -0.2) is 51.6 Å². The minimum atomic E-state index is -0.360. The fourth-order valence-corrected chi connectivity index (χ4v) is 3.25. The zero-order valence-corrected chi connectivity index (χ0v) is 14.9. The number of pyridine rings is 1. The van der Waals surface area contributed by atoms with E-state index in [9.17, 15) is 9.18 Å². The van der Waals surface area contributed by atoms with E-state index in [0.29, 0.717) is 48.3 Å². The first-order valence-electron chi connectivity index (χ1n) is 8.33. The second kappa shape index (κ2) is 6.57. The van der Waals surface area contributed by atoms with Crippen LogP contribution in [0.2, 0.25) is 5.02 Å². The second-order valence-corrected chi connectivity index (χ2v) is 6.76. The highest BCUT2D eigenvalue weighted by Crippen LogP contribution is 2.19. The molecule has 1 aliphatic rings. The van der Waals surface area contributed by atoms with E-state index in [-0.39, 0.29) is 11.7 Å². The summed E-state index contributed by atoms with van der Waals surface area (Å²) in [5.41, 5.74) is 1.63. The molecule has 3 heterocycles. The summed E-state index contributed by atoms with van der Waals surface area (Å²) in [5.74, 6) is 0.190. The summed E-state index contributed by atoms with van der Waals surface area (Å²) in [4.78, 5) is 16.4. The Balaban J connectivity index is 1.49. The Kier molecular flexibility index (Phi) is 4.24. The van der Waals surface area contributed by atoms with Crippen LogP contribution in [-0.2, 0) is 0 Å². The van der Waals surface area contributed by atoms with Crippen LogP contribution in [0, 0.1) is 12.7 Å². The lowest BCUT2D eigenvalue weighted by Crippen LogP contribution is -2.49. The minimum absolute atomic E-state index is 0.155. The number of anilines is 1. The van der Waals surface area contributed by atoms with E-state index in [1.54, 1.807) is 36.2 Å². The van der Waals surface area contributed by atoms with Gasteiger partial charge in [0.25, 0.3) is 5.91 Å². The summed E-state index contributed by atoms with van der Waals surface area (Å²) in [6.45, 7) is 3.98. The zero-order valence-electron chi connectivity index (χ0n) is 14.2. The van der Waals surface area contributed by atoms with Crippen molar-refractivity contribution in [1.29, 1.82) is 0 Å². The van der Waals surface area contributed by atoms with Crippen molar-refractivity contribution in [2.45, 2.75) is 6.92 Å². The molecule has 0 aliphatic carbocycles. The van der Waals surface area contributed by atoms with Crippen molar-refractivity contribution in [1.82, 2.24) is 19.5 Å². The minimum Gasteiger partial charge on any atom is -0.337 e. The molecule has 4 rings (SSSR count). The Hall–Kier alpha value is -2.67. The lowest BCUT2D eigenvalue weighted by atomic mass is 10.1. The van der Waals surface area contributed by atoms with Gasteiger partial charge in [0.15, 0.2) is 5.65 Å². The summed E-state index contributed by atoms with van der Waals surface area (Å²) in [6, 6.07) is 8.18. The molecule has 1 aliphatic heterocycles. The molecular weight excluding hydrogens is 357 g/mol. The Morgan fingerprint density at radius 1 is 1.12 bits per heavy atom. The van der Waals surface area contributed by atoms with Crippen LogP contribution in [0.1, 0.15) is 15.9 Å². The molecule has 1 aromatic carbocycles. The first kappa shape index (κ1) is 16.8. The van der Waals surface area contributed by atoms with Crippen LogP contribution in [0.25, 0.3) is 5.65 Å². The lowest BCUT2D eigenvalue weighted by molar-refractivity contribution is 0.0745. The van der Waals surface area contributed by atoms with Crippen LogP contribution in [0.15, 0.2) is 36.5 Å². The highest BCUT2D eigenvalue weighted by atomic mass is 35.5. The van der Waals surface area contributed by atoms with Crippen LogP contribution in [0.5, 0.6) is 0 Å². The fraction of sp³-hybridized carbons (Fsp3) is 0.278. The molecule has 1 fully saturated rings. The van der Waals surface area contributed by atoms with Gasteiger partial charge in [-0.1, -0.05) is 17.7 Å². The van der Waals surface area contributed by atoms with Crippen molar-refractivity contribution in [2.75, 3.05) is 31.1 Å². The van der Waals surface area contributed by atoms with Gasteiger partial charge in [-0.3, -0.25) is 9.20 Å². The van der Waals surface area contributed by atoms with Crippen LogP contribution in [0.3, 0.4) is 0 Å². The third-order valence-electron chi connectivity index (χ3n) is 4.62. The Morgan fingerprint density at radius 3 is 2.62 bits per heavy atom. The smallest absolute Gasteiger partial charge is 0.254 e. The summed E-state index contributed by atoms with van der Waals surface area (Å²) < 4.78 is 15.6. The maximum absolute atomic E-state index is 13.7. The van der Waals surface area contributed by atoms with Crippen LogP contribution in [0.4, 0.5) is 10.3 Å². The molecule has 0 N–H and O–H groups in total. The van der Waals surface area contributed by atoms with Crippen molar-refractivity contribution < 1.29 is 9.18 Å². The number of rotatable bonds is 2. The van der Waals surface area contributed by atoms with Gasteiger partial charge in [-0.05, 0) is 36.8 Å². The molecule has 8 heteroatoms. The summed E-state index contributed by atoms with van der Waals surface area (Å²) in [5, 5.41) is 8.99. The molecular formula is C18H17ClFN5O. The molecule has 0 spiro atoms. The van der Waals surface area contributed by atoms with E-state index in [0.717, 1.165) is 5.65 Å².